The lowest BCUT2D eigenvalue weighted by molar-refractivity contribution is 0.241. The summed E-state index contributed by atoms with van der Waals surface area (Å²) in [5, 5.41) is 3.51. The van der Waals surface area contributed by atoms with Gasteiger partial charge in [0.25, 0.3) is 0 Å². The van der Waals surface area contributed by atoms with Crippen molar-refractivity contribution >= 4 is 0 Å². The van der Waals surface area contributed by atoms with E-state index in [1.54, 1.807) is 0 Å². The van der Waals surface area contributed by atoms with Gasteiger partial charge in [-0.15, -0.1) is 0 Å². The normalized spacial score (nSPS) is 12.9. The van der Waals surface area contributed by atoms with Gasteiger partial charge in [0, 0.05) is 6.04 Å². The van der Waals surface area contributed by atoms with Gasteiger partial charge in [0.15, 0.2) is 0 Å². The third-order valence-corrected chi connectivity index (χ3v) is 3.69. The van der Waals surface area contributed by atoms with E-state index >= 15 is 0 Å². The first-order valence-corrected chi connectivity index (χ1v) is 8.06. The van der Waals surface area contributed by atoms with Crippen LogP contribution in [0.25, 0.3) is 0 Å². The molecule has 0 saturated carbocycles. The number of benzene rings is 1. The highest BCUT2D eigenvalue weighted by Gasteiger charge is 2.20. The molecule has 1 unspecified atom stereocenters. The van der Waals surface area contributed by atoms with Crippen molar-refractivity contribution in [2.75, 3.05) is 7.05 Å². The average Bonchev–Trinajstić information content (AvgIpc) is 2.40. The summed E-state index contributed by atoms with van der Waals surface area (Å²) in [5.41, 5.74) is 1.34. The maximum Gasteiger partial charge on any atom is 0.120 e. The molecule has 114 valence electrons. The fraction of sp³-hybridized carbons (Fsp3) is 0.667. The summed E-state index contributed by atoms with van der Waals surface area (Å²) in [7, 11) is 2.07. The minimum absolute atomic E-state index is 0.223. The second kappa shape index (κ2) is 9.02. The molecule has 1 rings (SSSR count). The van der Waals surface area contributed by atoms with Crippen LogP contribution in [-0.4, -0.2) is 13.2 Å². The van der Waals surface area contributed by atoms with Crippen molar-refractivity contribution in [1.82, 2.24) is 5.32 Å². The van der Waals surface area contributed by atoms with Crippen LogP contribution in [0.1, 0.15) is 65.0 Å². The predicted octanol–water partition coefficient (Wildman–Crippen LogP) is 4.95. The van der Waals surface area contributed by atoms with Crippen molar-refractivity contribution in [2.24, 2.45) is 5.92 Å². The van der Waals surface area contributed by atoms with E-state index in [2.05, 4.69) is 58.3 Å². The highest BCUT2D eigenvalue weighted by atomic mass is 16.5. The Kier molecular flexibility index (Phi) is 7.68. The molecule has 1 N–H and O–H groups in total. The van der Waals surface area contributed by atoms with E-state index < -0.39 is 0 Å². The lowest BCUT2D eigenvalue weighted by atomic mass is 9.86. The van der Waals surface area contributed by atoms with Crippen LogP contribution >= 0.6 is 0 Å². The number of rotatable bonds is 9. The largest absolute Gasteiger partial charge is 0.491 e. The van der Waals surface area contributed by atoms with Crippen LogP contribution in [-0.2, 0) is 0 Å². The van der Waals surface area contributed by atoms with Crippen LogP contribution in [0.3, 0.4) is 0 Å². The molecule has 20 heavy (non-hydrogen) atoms. The van der Waals surface area contributed by atoms with Gasteiger partial charge >= 0.3 is 0 Å². The Morgan fingerprint density at radius 2 is 1.75 bits per heavy atom. The number of nitrogens with one attached hydrogen (secondary N) is 1. The number of ether oxygens (including phenoxy) is 1. The smallest absolute Gasteiger partial charge is 0.120 e. The second-order valence-electron chi connectivity index (χ2n) is 5.84. The van der Waals surface area contributed by atoms with E-state index in [1.807, 2.05) is 6.07 Å². The molecule has 0 heterocycles. The van der Waals surface area contributed by atoms with Crippen molar-refractivity contribution in [2.45, 2.75) is 65.5 Å². The molecule has 0 spiro atoms. The molecule has 0 fully saturated rings. The Morgan fingerprint density at radius 3 is 2.25 bits per heavy atom. The monoisotopic (exact) mass is 277 g/mol. The summed E-state index contributed by atoms with van der Waals surface area (Å²) in [6, 6.07) is 8.98. The van der Waals surface area contributed by atoms with Crippen molar-refractivity contribution in [1.29, 1.82) is 0 Å². The molecule has 0 radical (unpaired) electrons. The van der Waals surface area contributed by atoms with Crippen LogP contribution in [0.5, 0.6) is 5.75 Å². The van der Waals surface area contributed by atoms with Gasteiger partial charge in [0.1, 0.15) is 5.75 Å². The molecule has 2 nitrogen and oxygen atoms in total. The first kappa shape index (κ1) is 17.0. The second-order valence-corrected chi connectivity index (χ2v) is 5.84. The average molecular weight is 277 g/mol. The molecule has 0 aliphatic heterocycles. The topological polar surface area (TPSA) is 21.3 Å². The molecule has 0 bridgehead atoms. The van der Waals surface area contributed by atoms with Crippen molar-refractivity contribution in [3.8, 4) is 5.75 Å². The van der Waals surface area contributed by atoms with E-state index in [4.69, 9.17) is 4.74 Å². The molecule has 2 heteroatoms. The minimum Gasteiger partial charge on any atom is -0.491 e. The minimum atomic E-state index is 0.223. The molecule has 0 amide bonds. The van der Waals surface area contributed by atoms with Crippen LogP contribution in [0.15, 0.2) is 24.3 Å². The maximum absolute atomic E-state index is 5.82. The molecule has 0 aromatic heterocycles. The zero-order chi connectivity index (χ0) is 15.0. The fourth-order valence-corrected chi connectivity index (χ4v) is 2.95. The summed E-state index contributed by atoms with van der Waals surface area (Å²) < 4.78 is 5.82. The van der Waals surface area contributed by atoms with Gasteiger partial charge in [-0.2, -0.15) is 0 Å². The van der Waals surface area contributed by atoms with Crippen molar-refractivity contribution in [3.05, 3.63) is 29.8 Å². The first-order chi connectivity index (χ1) is 9.62. The standard InChI is InChI=1S/C18H31NO/c1-6-9-15(10-7-2)18(19-5)16-11-8-12-17(13-16)20-14(3)4/h8,11-15,18-19H,6-7,9-10H2,1-5H3. The maximum atomic E-state index is 5.82. The van der Waals surface area contributed by atoms with Crippen molar-refractivity contribution in [3.63, 3.8) is 0 Å². The first-order valence-electron chi connectivity index (χ1n) is 8.06. The molecule has 1 atom stereocenters. The van der Waals surface area contributed by atoms with E-state index in [9.17, 15) is 0 Å². The molecular weight excluding hydrogens is 246 g/mol. The summed E-state index contributed by atoms with van der Waals surface area (Å²) >= 11 is 0. The van der Waals surface area contributed by atoms with Crippen LogP contribution in [0.2, 0.25) is 0 Å². The van der Waals surface area contributed by atoms with Gasteiger partial charge in [0.2, 0.25) is 0 Å². The van der Waals surface area contributed by atoms with Crippen LogP contribution in [0.4, 0.5) is 0 Å². The molecule has 1 aromatic carbocycles. The summed E-state index contributed by atoms with van der Waals surface area (Å²) in [4.78, 5) is 0. The van der Waals surface area contributed by atoms with Crippen LogP contribution in [0, 0.1) is 5.92 Å². The third-order valence-electron chi connectivity index (χ3n) is 3.69. The highest BCUT2D eigenvalue weighted by molar-refractivity contribution is 5.31. The predicted molar refractivity (Wildman–Crippen MR) is 87.3 cm³/mol. The highest BCUT2D eigenvalue weighted by Crippen LogP contribution is 2.31. The number of hydrogen-bond acceptors (Lipinski definition) is 2. The third kappa shape index (κ3) is 5.16. The summed E-state index contributed by atoms with van der Waals surface area (Å²) in [6.45, 7) is 8.68. The fourth-order valence-electron chi connectivity index (χ4n) is 2.95. The van der Waals surface area contributed by atoms with E-state index in [0.717, 1.165) is 5.75 Å². The zero-order valence-corrected chi connectivity index (χ0v) is 13.8. The SMILES string of the molecule is CCCC(CCC)C(NC)c1cccc(OC(C)C)c1. The zero-order valence-electron chi connectivity index (χ0n) is 13.8. The van der Waals surface area contributed by atoms with Crippen LogP contribution < -0.4 is 10.1 Å². The Morgan fingerprint density at radius 1 is 1.10 bits per heavy atom. The van der Waals surface area contributed by atoms with E-state index in [-0.39, 0.29) is 6.10 Å². The Hall–Kier alpha value is -1.02. The molecule has 1 aromatic rings. The van der Waals surface area contributed by atoms with E-state index in [0.29, 0.717) is 12.0 Å². The summed E-state index contributed by atoms with van der Waals surface area (Å²) in [6.07, 6.45) is 5.25. The van der Waals surface area contributed by atoms with Crippen molar-refractivity contribution < 1.29 is 4.74 Å². The Bertz CT molecular complexity index is 369. The Labute approximate surface area is 124 Å². The lowest BCUT2D eigenvalue weighted by Gasteiger charge is -2.27. The van der Waals surface area contributed by atoms with Gasteiger partial charge in [0.05, 0.1) is 6.10 Å². The van der Waals surface area contributed by atoms with E-state index in [1.165, 1.54) is 31.2 Å². The summed E-state index contributed by atoms with van der Waals surface area (Å²) in [5.74, 6) is 1.67. The van der Waals surface area contributed by atoms with Gasteiger partial charge < -0.3 is 10.1 Å². The quantitative estimate of drug-likeness (QED) is 0.689. The Balaban J connectivity index is 2.91. The molecule has 0 aliphatic rings. The molecule has 0 saturated heterocycles. The van der Waals surface area contributed by atoms with Gasteiger partial charge in [-0.3, -0.25) is 0 Å². The molecular formula is C18H31NO. The lowest BCUT2D eigenvalue weighted by Crippen LogP contribution is -2.25. The number of hydrogen-bond donors (Lipinski definition) is 1. The van der Waals surface area contributed by atoms with Gasteiger partial charge in [-0.25, -0.2) is 0 Å². The van der Waals surface area contributed by atoms with Gasteiger partial charge in [-0.05, 0) is 57.4 Å². The van der Waals surface area contributed by atoms with Gasteiger partial charge in [-0.1, -0.05) is 38.8 Å². The molecule has 0 aliphatic carbocycles.